The molecule has 0 unspecified atom stereocenters. The molecule has 8 heteroatoms. The number of benzene rings is 2. The quantitative estimate of drug-likeness (QED) is 0.713. The van der Waals surface area contributed by atoms with Crippen molar-refractivity contribution < 1.29 is 0 Å². The van der Waals surface area contributed by atoms with Crippen LogP contribution in [0.25, 0.3) is 0 Å². The number of nitrogens with zero attached hydrogens (tertiary/aromatic N) is 4. The molecule has 0 saturated carbocycles. The Morgan fingerprint density at radius 1 is 1.00 bits per heavy atom. The van der Waals surface area contributed by atoms with Crippen LogP contribution in [0.2, 0.25) is 10.0 Å². The molecule has 24 heavy (non-hydrogen) atoms. The van der Waals surface area contributed by atoms with Gasteiger partial charge in [-0.15, -0.1) is 5.10 Å². The van der Waals surface area contributed by atoms with Gasteiger partial charge in [0.25, 0.3) is 0 Å². The number of anilines is 4. The smallest absolute Gasteiger partial charge is 0.249 e. The van der Waals surface area contributed by atoms with Crippen molar-refractivity contribution in [1.82, 2.24) is 15.2 Å². The molecule has 0 aliphatic carbocycles. The average molecular weight is 357 g/mol. The zero-order valence-electron chi connectivity index (χ0n) is 12.2. The van der Waals surface area contributed by atoms with Crippen LogP contribution in [-0.2, 0) is 0 Å². The molecular formula is C16H10Cl2N6. The molecule has 1 aromatic heterocycles. The van der Waals surface area contributed by atoms with Crippen molar-refractivity contribution in [3.8, 4) is 6.07 Å². The molecule has 0 fully saturated rings. The number of nitrogens with one attached hydrogen (secondary N) is 2. The van der Waals surface area contributed by atoms with Gasteiger partial charge in [-0.25, -0.2) is 0 Å². The number of rotatable bonds is 4. The number of hydrogen-bond donors (Lipinski definition) is 2. The Kier molecular flexibility index (Phi) is 4.75. The first kappa shape index (κ1) is 16.0. The Morgan fingerprint density at radius 3 is 2.54 bits per heavy atom. The molecule has 0 aliphatic heterocycles. The van der Waals surface area contributed by atoms with Gasteiger partial charge in [-0.3, -0.25) is 0 Å². The van der Waals surface area contributed by atoms with Crippen molar-refractivity contribution >= 4 is 46.3 Å². The second-order valence-electron chi connectivity index (χ2n) is 4.73. The lowest BCUT2D eigenvalue weighted by Gasteiger charge is -2.09. The van der Waals surface area contributed by atoms with E-state index >= 15 is 0 Å². The summed E-state index contributed by atoms with van der Waals surface area (Å²) >= 11 is 12.1. The summed E-state index contributed by atoms with van der Waals surface area (Å²) in [5.41, 5.74) is 1.95. The molecule has 3 rings (SSSR count). The average Bonchev–Trinajstić information content (AvgIpc) is 2.59. The highest BCUT2D eigenvalue weighted by atomic mass is 35.5. The van der Waals surface area contributed by atoms with Crippen LogP contribution in [-0.4, -0.2) is 15.2 Å². The molecule has 0 atom stereocenters. The van der Waals surface area contributed by atoms with E-state index in [9.17, 15) is 0 Å². The van der Waals surface area contributed by atoms with Gasteiger partial charge in [0.2, 0.25) is 5.95 Å². The minimum absolute atomic E-state index is 0.276. The predicted molar refractivity (Wildman–Crippen MR) is 94.0 cm³/mol. The van der Waals surface area contributed by atoms with Crippen molar-refractivity contribution in [2.75, 3.05) is 10.6 Å². The maximum Gasteiger partial charge on any atom is 0.249 e. The van der Waals surface area contributed by atoms with E-state index in [1.165, 1.54) is 6.20 Å². The van der Waals surface area contributed by atoms with Crippen LogP contribution >= 0.6 is 23.2 Å². The second-order valence-corrected chi connectivity index (χ2v) is 5.57. The van der Waals surface area contributed by atoms with E-state index in [0.717, 1.165) is 5.69 Å². The molecule has 0 spiro atoms. The summed E-state index contributed by atoms with van der Waals surface area (Å²) in [6, 6.07) is 14.1. The summed E-state index contributed by atoms with van der Waals surface area (Å²) in [6.45, 7) is 0. The standard InChI is InChI=1S/C16H10Cl2N6/c17-11-3-6-13(18)14(7-11)22-16-23-15(9-20-24-16)21-12-4-1-10(8-19)2-5-12/h1-7,9H,(H2,21,22,23,24). The number of aromatic nitrogens is 3. The van der Waals surface area contributed by atoms with Gasteiger partial charge in [0.05, 0.1) is 28.5 Å². The van der Waals surface area contributed by atoms with E-state index in [4.69, 9.17) is 28.5 Å². The molecule has 3 aromatic rings. The number of halogens is 2. The summed E-state index contributed by atoms with van der Waals surface area (Å²) in [5, 5.41) is 23.7. The zero-order valence-corrected chi connectivity index (χ0v) is 13.7. The lowest BCUT2D eigenvalue weighted by Crippen LogP contribution is -2.02. The minimum Gasteiger partial charge on any atom is -0.339 e. The third-order valence-corrected chi connectivity index (χ3v) is 3.58. The second kappa shape index (κ2) is 7.13. The molecule has 2 N–H and O–H groups in total. The van der Waals surface area contributed by atoms with E-state index in [0.29, 0.717) is 27.1 Å². The topological polar surface area (TPSA) is 86.5 Å². The first-order valence-corrected chi connectivity index (χ1v) is 7.58. The Labute approximate surface area is 148 Å². The highest BCUT2D eigenvalue weighted by molar-refractivity contribution is 6.35. The highest BCUT2D eigenvalue weighted by Gasteiger charge is 2.06. The van der Waals surface area contributed by atoms with Crippen molar-refractivity contribution in [3.05, 3.63) is 64.3 Å². The Bertz CT molecular complexity index is 905. The van der Waals surface area contributed by atoms with Crippen LogP contribution in [0.4, 0.5) is 23.1 Å². The fourth-order valence-corrected chi connectivity index (χ4v) is 2.24. The Balaban J connectivity index is 1.78. The lowest BCUT2D eigenvalue weighted by molar-refractivity contribution is 0.982. The van der Waals surface area contributed by atoms with E-state index < -0.39 is 0 Å². The maximum atomic E-state index is 8.81. The maximum absolute atomic E-state index is 8.81. The Morgan fingerprint density at radius 2 is 1.79 bits per heavy atom. The van der Waals surface area contributed by atoms with Gasteiger partial charge in [0.1, 0.15) is 0 Å². The van der Waals surface area contributed by atoms with E-state index in [1.54, 1.807) is 42.5 Å². The van der Waals surface area contributed by atoms with Crippen LogP contribution in [0, 0.1) is 11.3 Å². The Hall–Kier alpha value is -2.88. The fourth-order valence-electron chi connectivity index (χ4n) is 1.91. The van der Waals surface area contributed by atoms with Crippen molar-refractivity contribution in [2.45, 2.75) is 0 Å². The third kappa shape index (κ3) is 3.90. The van der Waals surface area contributed by atoms with Crippen LogP contribution < -0.4 is 10.6 Å². The zero-order chi connectivity index (χ0) is 16.9. The van der Waals surface area contributed by atoms with Gasteiger partial charge in [-0.1, -0.05) is 23.2 Å². The summed E-state index contributed by atoms with van der Waals surface area (Å²) in [6.07, 6.45) is 1.49. The van der Waals surface area contributed by atoms with E-state index in [1.807, 2.05) is 0 Å². The monoisotopic (exact) mass is 356 g/mol. The van der Waals surface area contributed by atoms with E-state index in [2.05, 4.69) is 31.9 Å². The molecule has 0 radical (unpaired) electrons. The molecule has 1 heterocycles. The normalized spacial score (nSPS) is 10.0. The largest absolute Gasteiger partial charge is 0.339 e. The predicted octanol–water partition coefficient (Wildman–Crippen LogP) is 4.54. The van der Waals surface area contributed by atoms with Crippen LogP contribution in [0.5, 0.6) is 0 Å². The fraction of sp³-hybridized carbons (Fsp3) is 0. The molecule has 6 nitrogen and oxygen atoms in total. The van der Waals surface area contributed by atoms with Crippen LogP contribution in [0.3, 0.4) is 0 Å². The lowest BCUT2D eigenvalue weighted by atomic mass is 10.2. The molecule has 118 valence electrons. The molecule has 2 aromatic carbocycles. The van der Waals surface area contributed by atoms with Gasteiger partial charge < -0.3 is 10.6 Å². The van der Waals surface area contributed by atoms with Gasteiger partial charge in [-0.2, -0.15) is 15.3 Å². The SMILES string of the molecule is N#Cc1ccc(Nc2cnnc(Nc3cc(Cl)ccc3Cl)n2)cc1. The summed E-state index contributed by atoms with van der Waals surface area (Å²) < 4.78 is 0. The van der Waals surface area contributed by atoms with Crippen LogP contribution in [0.1, 0.15) is 5.56 Å². The minimum atomic E-state index is 0.276. The first-order chi connectivity index (χ1) is 11.6. The first-order valence-electron chi connectivity index (χ1n) is 6.83. The molecular weight excluding hydrogens is 347 g/mol. The van der Waals surface area contributed by atoms with E-state index in [-0.39, 0.29) is 5.95 Å². The van der Waals surface area contributed by atoms with Gasteiger partial charge in [-0.05, 0) is 42.5 Å². The number of hydrogen-bond acceptors (Lipinski definition) is 6. The summed E-state index contributed by atoms with van der Waals surface area (Å²) in [7, 11) is 0. The summed E-state index contributed by atoms with van der Waals surface area (Å²) in [5.74, 6) is 0.771. The van der Waals surface area contributed by atoms with Crippen LogP contribution in [0.15, 0.2) is 48.7 Å². The highest BCUT2D eigenvalue weighted by Crippen LogP contribution is 2.27. The molecule has 0 saturated heterocycles. The van der Waals surface area contributed by atoms with Crippen molar-refractivity contribution in [2.24, 2.45) is 0 Å². The van der Waals surface area contributed by atoms with Crippen molar-refractivity contribution in [3.63, 3.8) is 0 Å². The van der Waals surface area contributed by atoms with Crippen molar-refractivity contribution in [1.29, 1.82) is 5.26 Å². The molecule has 0 amide bonds. The molecule has 0 bridgehead atoms. The van der Waals surface area contributed by atoms with Gasteiger partial charge in [0, 0.05) is 10.7 Å². The van der Waals surface area contributed by atoms with Gasteiger partial charge >= 0.3 is 0 Å². The molecule has 0 aliphatic rings. The summed E-state index contributed by atoms with van der Waals surface area (Å²) in [4.78, 5) is 4.31. The third-order valence-electron chi connectivity index (χ3n) is 3.02. The van der Waals surface area contributed by atoms with Gasteiger partial charge in [0.15, 0.2) is 5.82 Å². The number of nitriles is 1.